The van der Waals surface area contributed by atoms with E-state index in [0.717, 1.165) is 0 Å². The summed E-state index contributed by atoms with van der Waals surface area (Å²) in [6.45, 7) is 6.43. The van der Waals surface area contributed by atoms with Crippen LogP contribution in [0, 0.1) is 5.92 Å². The monoisotopic (exact) mass is 365 g/mol. The summed E-state index contributed by atoms with van der Waals surface area (Å²) < 4.78 is 40.2. The predicted octanol–water partition coefficient (Wildman–Crippen LogP) is 1.84. The molecule has 1 heterocycles. The first-order chi connectivity index (χ1) is 11.0. The molecule has 9 heteroatoms. The Morgan fingerprint density at radius 2 is 1.83 bits per heavy atom. The molecule has 8 nitrogen and oxygen atoms in total. The lowest BCUT2D eigenvalue weighted by molar-refractivity contribution is -0.150. The maximum Gasteiger partial charge on any atom is 0.410 e. The van der Waals surface area contributed by atoms with Crippen molar-refractivity contribution in [1.29, 1.82) is 0 Å². The van der Waals surface area contributed by atoms with Crippen LogP contribution in [0.3, 0.4) is 0 Å². The number of hydrogen-bond acceptors (Lipinski definition) is 6. The van der Waals surface area contributed by atoms with Crippen molar-refractivity contribution in [3.05, 3.63) is 0 Å². The van der Waals surface area contributed by atoms with Gasteiger partial charge in [0.1, 0.15) is 5.60 Å². The van der Waals surface area contributed by atoms with Gasteiger partial charge in [-0.1, -0.05) is 6.92 Å². The summed E-state index contributed by atoms with van der Waals surface area (Å²) in [4.78, 5) is 25.5. The minimum Gasteiger partial charge on any atom is -0.465 e. The summed E-state index contributed by atoms with van der Waals surface area (Å²) in [6.07, 6.45) is 1.37. The highest BCUT2D eigenvalue weighted by molar-refractivity contribution is 7.85. The highest BCUT2D eigenvalue weighted by atomic mass is 32.2. The largest absolute Gasteiger partial charge is 0.465 e. The maximum absolute atomic E-state index is 12.1. The van der Waals surface area contributed by atoms with Crippen molar-refractivity contribution in [3.8, 4) is 0 Å². The summed E-state index contributed by atoms with van der Waals surface area (Å²) in [5.74, 6) is -1.14. The normalized spacial score (nSPS) is 16.8. The van der Waals surface area contributed by atoms with Gasteiger partial charge in [0.2, 0.25) is 0 Å². The molecular weight excluding hydrogens is 338 g/mol. The van der Waals surface area contributed by atoms with Gasteiger partial charge in [-0.25, -0.2) is 4.79 Å². The summed E-state index contributed by atoms with van der Waals surface area (Å²) in [7, 11) is -4.03. The van der Waals surface area contributed by atoms with Gasteiger partial charge in [-0.05, 0) is 39.5 Å². The van der Waals surface area contributed by atoms with Crippen LogP contribution in [0.15, 0.2) is 0 Å². The number of nitrogens with zero attached hydrogens (tertiary/aromatic N) is 1. The quantitative estimate of drug-likeness (QED) is 0.416. The first kappa shape index (κ1) is 20.7. The van der Waals surface area contributed by atoms with E-state index >= 15 is 0 Å². The first-order valence-corrected chi connectivity index (χ1v) is 9.74. The third kappa shape index (κ3) is 7.48. The van der Waals surface area contributed by atoms with Gasteiger partial charge >= 0.3 is 12.1 Å². The van der Waals surface area contributed by atoms with Gasteiger partial charge in [-0.2, -0.15) is 8.42 Å². The molecule has 24 heavy (non-hydrogen) atoms. The molecule has 0 radical (unpaired) electrons. The van der Waals surface area contributed by atoms with E-state index < -0.39 is 27.4 Å². The SMILES string of the molecule is CCC(C)(C)OC(=O)N1CCC(C(=O)OCCCS(=O)(=O)O)CC1. The van der Waals surface area contributed by atoms with E-state index in [4.69, 9.17) is 14.0 Å². The highest BCUT2D eigenvalue weighted by Crippen LogP contribution is 2.22. The number of piperidine rings is 1. The number of carbonyl (C=O) groups is 2. The van der Waals surface area contributed by atoms with E-state index in [1.165, 1.54) is 0 Å². The van der Waals surface area contributed by atoms with E-state index in [1.807, 2.05) is 20.8 Å². The summed E-state index contributed by atoms with van der Waals surface area (Å²) >= 11 is 0. The average Bonchev–Trinajstić information content (AvgIpc) is 2.50. The van der Waals surface area contributed by atoms with Gasteiger partial charge < -0.3 is 14.4 Å². The van der Waals surface area contributed by atoms with E-state index in [1.54, 1.807) is 4.90 Å². The fraction of sp³-hybridized carbons (Fsp3) is 0.867. The molecule has 1 saturated heterocycles. The van der Waals surface area contributed by atoms with Gasteiger partial charge in [0.05, 0.1) is 18.3 Å². The van der Waals surface area contributed by atoms with Crippen molar-refractivity contribution < 1.29 is 32.0 Å². The lowest BCUT2D eigenvalue weighted by atomic mass is 9.97. The molecule has 1 N–H and O–H groups in total. The Kier molecular flexibility index (Phi) is 7.47. The van der Waals surface area contributed by atoms with Gasteiger partial charge in [-0.15, -0.1) is 0 Å². The van der Waals surface area contributed by atoms with Gasteiger partial charge in [-0.3, -0.25) is 9.35 Å². The number of ether oxygens (including phenoxy) is 2. The minimum atomic E-state index is -4.03. The molecule has 0 bridgehead atoms. The fourth-order valence-electron chi connectivity index (χ4n) is 2.20. The van der Waals surface area contributed by atoms with Crippen molar-refractivity contribution >= 4 is 22.2 Å². The molecule has 0 atom stereocenters. The number of rotatable bonds is 7. The van der Waals surface area contributed by atoms with Crippen LogP contribution in [-0.4, -0.2) is 61.0 Å². The Hall–Kier alpha value is -1.35. The summed E-state index contributed by atoms with van der Waals surface area (Å²) in [5, 5.41) is 0. The van der Waals surface area contributed by atoms with Crippen LogP contribution in [0.25, 0.3) is 0 Å². The van der Waals surface area contributed by atoms with Crippen LogP contribution in [0.1, 0.15) is 46.5 Å². The van der Waals surface area contributed by atoms with Crippen molar-refractivity contribution in [2.45, 2.75) is 52.1 Å². The van der Waals surface area contributed by atoms with Crippen LogP contribution < -0.4 is 0 Å². The molecule has 0 unspecified atom stereocenters. The second-order valence-corrected chi connectivity index (χ2v) is 8.12. The molecular formula is C15H27NO7S. The number of esters is 1. The van der Waals surface area contributed by atoms with Gasteiger partial charge in [0.15, 0.2) is 0 Å². The Morgan fingerprint density at radius 1 is 1.25 bits per heavy atom. The number of hydrogen-bond donors (Lipinski definition) is 1. The second kappa shape index (κ2) is 8.66. The van der Waals surface area contributed by atoms with Crippen molar-refractivity contribution in [2.75, 3.05) is 25.4 Å². The number of carbonyl (C=O) groups excluding carboxylic acids is 2. The van der Waals surface area contributed by atoms with Crippen molar-refractivity contribution in [1.82, 2.24) is 4.90 Å². The van der Waals surface area contributed by atoms with E-state index in [0.29, 0.717) is 32.4 Å². The zero-order chi connectivity index (χ0) is 18.4. The molecule has 0 saturated carbocycles. The molecule has 0 aromatic carbocycles. The van der Waals surface area contributed by atoms with E-state index in [9.17, 15) is 18.0 Å². The molecule has 140 valence electrons. The van der Waals surface area contributed by atoms with E-state index in [2.05, 4.69) is 0 Å². The highest BCUT2D eigenvalue weighted by Gasteiger charge is 2.31. The lowest BCUT2D eigenvalue weighted by Gasteiger charge is -2.33. The molecule has 0 aliphatic carbocycles. The lowest BCUT2D eigenvalue weighted by Crippen LogP contribution is -2.43. The third-order valence-electron chi connectivity index (χ3n) is 4.09. The van der Waals surface area contributed by atoms with Gasteiger partial charge in [0.25, 0.3) is 10.1 Å². The molecule has 1 amide bonds. The molecule has 1 aliphatic heterocycles. The van der Waals surface area contributed by atoms with Crippen molar-refractivity contribution in [2.24, 2.45) is 5.92 Å². The Balaban J connectivity index is 2.32. The Bertz CT molecular complexity index is 536. The number of amides is 1. The van der Waals surface area contributed by atoms with Crippen LogP contribution >= 0.6 is 0 Å². The minimum absolute atomic E-state index is 0.0500. The first-order valence-electron chi connectivity index (χ1n) is 8.14. The zero-order valence-electron chi connectivity index (χ0n) is 14.5. The van der Waals surface area contributed by atoms with E-state index in [-0.39, 0.29) is 25.0 Å². The Labute approximate surface area is 143 Å². The van der Waals surface area contributed by atoms with Crippen molar-refractivity contribution in [3.63, 3.8) is 0 Å². The maximum atomic E-state index is 12.1. The molecule has 1 fully saturated rings. The zero-order valence-corrected chi connectivity index (χ0v) is 15.3. The van der Waals surface area contributed by atoms with Crippen LogP contribution in [-0.2, 0) is 24.4 Å². The molecule has 0 aromatic heterocycles. The molecule has 1 aliphatic rings. The summed E-state index contributed by atoms with van der Waals surface area (Å²) in [5.41, 5.74) is -0.514. The third-order valence-corrected chi connectivity index (χ3v) is 4.90. The van der Waals surface area contributed by atoms with Gasteiger partial charge in [0, 0.05) is 13.1 Å². The average molecular weight is 365 g/mol. The van der Waals surface area contributed by atoms with Crippen LogP contribution in [0.4, 0.5) is 4.79 Å². The Morgan fingerprint density at radius 3 is 2.33 bits per heavy atom. The van der Waals surface area contributed by atoms with Crippen LogP contribution in [0.5, 0.6) is 0 Å². The molecule has 1 rings (SSSR count). The standard InChI is InChI=1S/C15H27NO7S/c1-4-15(2,3)23-14(18)16-8-6-12(7-9-16)13(17)22-10-5-11-24(19,20)21/h12H,4-11H2,1-3H3,(H,19,20,21). The second-order valence-electron chi connectivity index (χ2n) is 6.55. The molecule has 0 spiro atoms. The predicted molar refractivity (Wildman–Crippen MR) is 87.1 cm³/mol. The topological polar surface area (TPSA) is 110 Å². The number of likely N-dealkylation sites (tertiary alicyclic amines) is 1. The molecule has 0 aromatic rings. The summed E-state index contributed by atoms with van der Waals surface area (Å²) in [6, 6.07) is 0. The fourth-order valence-corrected chi connectivity index (χ4v) is 2.69. The smallest absolute Gasteiger partial charge is 0.410 e. The van der Waals surface area contributed by atoms with Crippen LogP contribution in [0.2, 0.25) is 0 Å².